The molecule has 0 aromatic carbocycles. The van der Waals surface area contributed by atoms with Crippen LogP contribution in [0.2, 0.25) is 0 Å². The summed E-state index contributed by atoms with van der Waals surface area (Å²) in [6.07, 6.45) is 24.9. The van der Waals surface area contributed by atoms with Crippen LogP contribution in [0.5, 0.6) is 0 Å². The fraction of sp³-hybridized carbons (Fsp3) is 0.840. The van der Waals surface area contributed by atoms with Crippen molar-refractivity contribution in [2.45, 2.75) is 129 Å². The number of nitrogens with one attached hydrogen (secondary N) is 1. The van der Waals surface area contributed by atoms with Crippen LogP contribution in [0.15, 0.2) is 24.4 Å². The van der Waals surface area contributed by atoms with Crippen molar-refractivity contribution in [3.05, 3.63) is 24.4 Å². The van der Waals surface area contributed by atoms with E-state index in [1.165, 1.54) is 120 Å². The summed E-state index contributed by atoms with van der Waals surface area (Å²) in [6, 6.07) is 0. The number of rotatable bonds is 21. The molecule has 26 heavy (non-hydrogen) atoms. The minimum Gasteiger partial charge on any atom is -0.389 e. The van der Waals surface area contributed by atoms with E-state index in [-0.39, 0.29) is 0 Å². The predicted octanol–water partition coefficient (Wildman–Crippen LogP) is 8.71. The second-order valence-corrected chi connectivity index (χ2v) is 8.29. The van der Waals surface area contributed by atoms with Crippen molar-refractivity contribution in [1.82, 2.24) is 5.32 Å². The highest BCUT2D eigenvalue weighted by Gasteiger charge is 1.96. The standard InChI is InChI=1S/C25H49N/c1-5-23-26-25(4)22-20-18-16-14-12-10-8-6-7-9-11-13-15-17-19-21-24(2)3/h26H,2,4-23H2,1,3H3. The third kappa shape index (κ3) is 21.3. The molecule has 0 aromatic rings. The minimum absolute atomic E-state index is 1.08. The molecule has 0 saturated heterocycles. The molecule has 0 bridgehead atoms. The van der Waals surface area contributed by atoms with Crippen molar-refractivity contribution in [2.75, 3.05) is 6.54 Å². The molecule has 0 saturated carbocycles. The van der Waals surface area contributed by atoms with Crippen LogP contribution in [0, 0.1) is 0 Å². The number of hydrogen-bond donors (Lipinski definition) is 1. The first-order valence-electron chi connectivity index (χ1n) is 11.7. The maximum atomic E-state index is 4.09. The lowest BCUT2D eigenvalue weighted by atomic mass is 10.0. The topological polar surface area (TPSA) is 12.0 Å². The summed E-state index contributed by atoms with van der Waals surface area (Å²) in [7, 11) is 0. The van der Waals surface area contributed by atoms with Gasteiger partial charge in [0, 0.05) is 12.2 Å². The van der Waals surface area contributed by atoms with Gasteiger partial charge in [0.15, 0.2) is 0 Å². The fourth-order valence-corrected chi connectivity index (χ4v) is 3.45. The molecule has 154 valence electrons. The van der Waals surface area contributed by atoms with Crippen LogP contribution in [0.25, 0.3) is 0 Å². The van der Waals surface area contributed by atoms with E-state index in [4.69, 9.17) is 0 Å². The highest BCUT2D eigenvalue weighted by Crippen LogP contribution is 2.15. The summed E-state index contributed by atoms with van der Waals surface area (Å²) in [4.78, 5) is 0. The Balaban J connectivity index is 3.07. The molecule has 0 aromatic heterocycles. The Bertz CT molecular complexity index is 318. The SMILES string of the molecule is C=C(C)CCCCCCCCCCCCCCCCCC(=C)NCCC. The van der Waals surface area contributed by atoms with Crippen LogP contribution in [-0.4, -0.2) is 6.54 Å². The smallest absolute Gasteiger partial charge is 0.0141 e. The van der Waals surface area contributed by atoms with Crippen LogP contribution in [-0.2, 0) is 0 Å². The van der Waals surface area contributed by atoms with Crippen molar-refractivity contribution in [1.29, 1.82) is 0 Å². The average molecular weight is 364 g/mol. The van der Waals surface area contributed by atoms with Crippen molar-refractivity contribution in [3.8, 4) is 0 Å². The third-order valence-corrected chi connectivity index (χ3v) is 5.21. The van der Waals surface area contributed by atoms with Crippen molar-refractivity contribution >= 4 is 0 Å². The molecule has 0 aliphatic heterocycles. The first-order chi connectivity index (χ1) is 12.7. The highest BCUT2D eigenvalue weighted by molar-refractivity contribution is 4.90. The summed E-state index contributed by atoms with van der Waals surface area (Å²) in [6.45, 7) is 13.5. The van der Waals surface area contributed by atoms with Gasteiger partial charge in [0.2, 0.25) is 0 Å². The zero-order valence-corrected chi connectivity index (χ0v) is 18.3. The van der Waals surface area contributed by atoms with Gasteiger partial charge >= 0.3 is 0 Å². The molecular weight excluding hydrogens is 314 g/mol. The quantitative estimate of drug-likeness (QED) is 0.159. The predicted molar refractivity (Wildman–Crippen MR) is 121 cm³/mol. The molecule has 0 fully saturated rings. The summed E-state index contributed by atoms with van der Waals surface area (Å²) in [5, 5.41) is 3.39. The average Bonchev–Trinajstić information content (AvgIpc) is 2.62. The Hall–Kier alpha value is -0.720. The second kappa shape index (κ2) is 20.6. The van der Waals surface area contributed by atoms with Gasteiger partial charge < -0.3 is 5.32 Å². The molecule has 1 nitrogen and oxygen atoms in total. The van der Waals surface area contributed by atoms with Gasteiger partial charge in [-0.1, -0.05) is 103 Å². The van der Waals surface area contributed by atoms with Crippen molar-refractivity contribution in [2.24, 2.45) is 0 Å². The van der Waals surface area contributed by atoms with E-state index in [9.17, 15) is 0 Å². The Morgan fingerprint density at radius 1 is 0.577 bits per heavy atom. The second-order valence-electron chi connectivity index (χ2n) is 8.29. The number of hydrogen-bond acceptors (Lipinski definition) is 1. The third-order valence-electron chi connectivity index (χ3n) is 5.21. The lowest BCUT2D eigenvalue weighted by molar-refractivity contribution is 0.529. The van der Waals surface area contributed by atoms with Crippen LogP contribution < -0.4 is 5.32 Å². The lowest BCUT2D eigenvalue weighted by Gasteiger charge is -2.08. The molecular formula is C25H49N. The zero-order valence-electron chi connectivity index (χ0n) is 18.3. The normalized spacial score (nSPS) is 10.8. The van der Waals surface area contributed by atoms with Gasteiger partial charge in [0.25, 0.3) is 0 Å². The summed E-state index contributed by atoms with van der Waals surface area (Å²) < 4.78 is 0. The summed E-state index contributed by atoms with van der Waals surface area (Å²) >= 11 is 0. The lowest BCUT2D eigenvalue weighted by Crippen LogP contribution is -2.12. The summed E-state index contributed by atoms with van der Waals surface area (Å²) in [5.74, 6) is 0. The Kier molecular flexibility index (Phi) is 20.0. The monoisotopic (exact) mass is 363 g/mol. The molecule has 0 unspecified atom stereocenters. The largest absolute Gasteiger partial charge is 0.389 e. The molecule has 1 heteroatoms. The first kappa shape index (κ1) is 25.3. The molecule has 0 radical (unpaired) electrons. The van der Waals surface area contributed by atoms with Crippen molar-refractivity contribution in [3.63, 3.8) is 0 Å². The van der Waals surface area contributed by atoms with Gasteiger partial charge in [0.05, 0.1) is 0 Å². The molecule has 0 aliphatic rings. The van der Waals surface area contributed by atoms with Gasteiger partial charge in [-0.05, 0) is 39.0 Å². The Labute approximate surface area is 166 Å². The molecule has 0 amide bonds. The van der Waals surface area contributed by atoms with E-state index >= 15 is 0 Å². The first-order valence-corrected chi connectivity index (χ1v) is 11.7. The van der Waals surface area contributed by atoms with Crippen molar-refractivity contribution < 1.29 is 0 Å². The number of allylic oxidation sites excluding steroid dienone is 2. The summed E-state index contributed by atoms with van der Waals surface area (Å²) in [5.41, 5.74) is 2.58. The van der Waals surface area contributed by atoms with Gasteiger partial charge in [-0.3, -0.25) is 0 Å². The molecule has 1 N–H and O–H groups in total. The molecule has 0 spiro atoms. The van der Waals surface area contributed by atoms with Crippen LogP contribution >= 0.6 is 0 Å². The maximum Gasteiger partial charge on any atom is 0.0141 e. The van der Waals surface area contributed by atoms with Crippen LogP contribution in [0.4, 0.5) is 0 Å². The Morgan fingerprint density at radius 3 is 1.27 bits per heavy atom. The van der Waals surface area contributed by atoms with Gasteiger partial charge in [0.1, 0.15) is 0 Å². The Morgan fingerprint density at radius 2 is 0.923 bits per heavy atom. The molecule has 0 heterocycles. The zero-order chi connectivity index (χ0) is 19.3. The number of unbranched alkanes of at least 4 members (excludes halogenated alkanes) is 14. The van der Waals surface area contributed by atoms with E-state index in [1.807, 2.05) is 0 Å². The highest BCUT2D eigenvalue weighted by atomic mass is 14.9. The van der Waals surface area contributed by atoms with E-state index < -0.39 is 0 Å². The van der Waals surface area contributed by atoms with Gasteiger partial charge in [-0.25, -0.2) is 0 Å². The van der Waals surface area contributed by atoms with Crippen LogP contribution in [0.1, 0.15) is 129 Å². The molecule has 0 rings (SSSR count). The van der Waals surface area contributed by atoms with E-state index in [2.05, 4.69) is 32.3 Å². The maximum absolute atomic E-state index is 4.09. The molecule has 0 aliphatic carbocycles. The van der Waals surface area contributed by atoms with Gasteiger partial charge in [-0.2, -0.15) is 0 Å². The van der Waals surface area contributed by atoms with Crippen LogP contribution in [0.3, 0.4) is 0 Å². The van der Waals surface area contributed by atoms with E-state index in [0.717, 1.165) is 13.0 Å². The van der Waals surface area contributed by atoms with E-state index in [1.54, 1.807) is 0 Å². The van der Waals surface area contributed by atoms with E-state index in [0.29, 0.717) is 0 Å². The minimum atomic E-state index is 1.08. The molecule has 0 atom stereocenters. The fourth-order valence-electron chi connectivity index (χ4n) is 3.45. The van der Waals surface area contributed by atoms with Gasteiger partial charge in [-0.15, -0.1) is 6.58 Å².